The fourth-order valence-electron chi connectivity index (χ4n) is 1.41. The Morgan fingerprint density at radius 1 is 1.42 bits per heavy atom. The molecular weight excluding hydrogens is 152 g/mol. The molecule has 0 radical (unpaired) electrons. The first-order valence-corrected chi connectivity index (χ1v) is 4.41. The van der Waals surface area contributed by atoms with Gasteiger partial charge in [-0.1, -0.05) is 13.5 Å². The Balaban J connectivity index is 2.35. The third-order valence-electron chi connectivity index (χ3n) is 2.31. The van der Waals surface area contributed by atoms with Crippen LogP contribution in [0.4, 0.5) is 0 Å². The van der Waals surface area contributed by atoms with Crippen LogP contribution in [0.3, 0.4) is 0 Å². The Kier molecular flexibility index (Phi) is 3.29. The van der Waals surface area contributed by atoms with Crippen molar-refractivity contribution in [3.63, 3.8) is 0 Å². The lowest BCUT2D eigenvalue weighted by Crippen LogP contribution is -2.47. The summed E-state index contributed by atoms with van der Waals surface area (Å²) in [6, 6.07) is 0. The van der Waals surface area contributed by atoms with Gasteiger partial charge in [0.1, 0.15) is 0 Å². The summed E-state index contributed by atoms with van der Waals surface area (Å²) in [7, 11) is 0. The number of carbonyl (C=O) groups is 1. The second-order valence-corrected chi connectivity index (χ2v) is 2.96. The molecule has 1 heterocycles. The van der Waals surface area contributed by atoms with Gasteiger partial charge in [0.2, 0.25) is 5.91 Å². The van der Waals surface area contributed by atoms with E-state index in [4.69, 9.17) is 0 Å². The van der Waals surface area contributed by atoms with E-state index >= 15 is 0 Å². The van der Waals surface area contributed by atoms with Gasteiger partial charge in [-0.15, -0.1) is 0 Å². The SMILES string of the molecule is C=CC(=O)N1CCN(CC)CC1. The van der Waals surface area contributed by atoms with E-state index in [0.29, 0.717) is 0 Å². The lowest BCUT2D eigenvalue weighted by Gasteiger charge is -2.33. The highest BCUT2D eigenvalue weighted by Gasteiger charge is 2.17. The van der Waals surface area contributed by atoms with E-state index in [1.165, 1.54) is 6.08 Å². The molecule has 0 atom stereocenters. The van der Waals surface area contributed by atoms with Gasteiger partial charge >= 0.3 is 0 Å². The molecule has 0 aliphatic carbocycles. The van der Waals surface area contributed by atoms with Crippen LogP contribution in [0.5, 0.6) is 0 Å². The molecule has 0 spiro atoms. The zero-order valence-electron chi connectivity index (χ0n) is 7.62. The summed E-state index contributed by atoms with van der Waals surface area (Å²) >= 11 is 0. The van der Waals surface area contributed by atoms with Crippen molar-refractivity contribution in [2.24, 2.45) is 0 Å². The largest absolute Gasteiger partial charge is 0.337 e. The normalized spacial score (nSPS) is 19.2. The lowest BCUT2D eigenvalue weighted by atomic mass is 10.3. The molecule has 1 amide bonds. The fraction of sp³-hybridized carbons (Fsp3) is 0.667. The number of hydrogen-bond donors (Lipinski definition) is 0. The van der Waals surface area contributed by atoms with Gasteiger partial charge in [0, 0.05) is 26.2 Å². The standard InChI is InChI=1S/C9H16N2O/c1-3-9(12)11-7-5-10(4-2)6-8-11/h3H,1,4-8H2,2H3. The second-order valence-electron chi connectivity index (χ2n) is 2.96. The first-order valence-electron chi connectivity index (χ1n) is 4.41. The van der Waals surface area contributed by atoms with Gasteiger partial charge < -0.3 is 9.80 Å². The van der Waals surface area contributed by atoms with Crippen LogP contribution in [-0.4, -0.2) is 48.4 Å². The lowest BCUT2D eigenvalue weighted by molar-refractivity contribution is -0.127. The third-order valence-corrected chi connectivity index (χ3v) is 2.31. The molecule has 3 nitrogen and oxygen atoms in total. The molecule has 0 aromatic rings. The van der Waals surface area contributed by atoms with Crippen LogP contribution in [0, 0.1) is 0 Å². The van der Waals surface area contributed by atoms with Gasteiger partial charge in [-0.2, -0.15) is 0 Å². The molecule has 0 saturated carbocycles. The van der Waals surface area contributed by atoms with Gasteiger partial charge in [0.05, 0.1) is 0 Å². The minimum absolute atomic E-state index is 0.0609. The van der Waals surface area contributed by atoms with E-state index in [1.54, 1.807) is 0 Å². The average Bonchev–Trinajstić information content (AvgIpc) is 2.17. The molecule has 68 valence electrons. The summed E-state index contributed by atoms with van der Waals surface area (Å²) in [5.74, 6) is 0.0609. The zero-order valence-corrected chi connectivity index (χ0v) is 7.62. The molecule has 12 heavy (non-hydrogen) atoms. The van der Waals surface area contributed by atoms with Gasteiger partial charge in [-0.25, -0.2) is 0 Å². The van der Waals surface area contributed by atoms with E-state index in [9.17, 15) is 4.79 Å². The second kappa shape index (κ2) is 4.26. The molecular formula is C9H16N2O. The summed E-state index contributed by atoms with van der Waals surface area (Å²) in [6.45, 7) is 10.4. The molecule has 1 aliphatic rings. The topological polar surface area (TPSA) is 23.6 Å². The Labute approximate surface area is 73.6 Å². The Bertz CT molecular complexity index is 171. The first-order chi connectivity index (χ1) is 5.77. The molecule has 0 unspecified atom stereocenters. The van der Waals surface area contributed by atoms with Gasteiger partial charge in [0.25, 0.3) is 0 Å². The van der Waals surface area contributed by atoms with Crippen molar-refractivity contribution in [1.29, 1.82) is 0 Å². The molecule has 3 heteroatoms. The zero-order chi connectivity index (χ0) is 8.97. The van der Waals surface area contributed by atoms with Gasteiger partial charge in [-0.3, -0.25) is 4.79 Å². The van der Waals surface area contributed by atoms with Crippen molar-refractivity contribution in [3.8, 4) is 0 Å². The molecule has 1 rings (SSSR count). The number of nitrogens with zero attached hydrogens (tertiary/aromatic N) is 2. The van der Waals surface area contributed by atoms with Crippen molar-refractivity contribution in [2.75, 3.05) is 32.7 Å². The van der Waals surface area contributed by atoms with E-state index in [-0.39, 0.29) is 5.91 Å². The molecule has 0 bridgehead atoms. The van der Waals surface area contributed by atoms with Crippen LogP contribution in [0.2, 0.25) is 0 Å². The van der Waals surface area contributed by atoms with Crippen LogP contribution in [0.25, 0.3) is 0 Å². The average molecular weight is 168 g/mol. The van der Waals surface area contributed by atoms with Crippen molar-refractivity contribution >= 4 is 5.91 Å². The maximum absolute atomic E-state index is 11.2. The highest BCUT2D eigenvalue weighted by molar-refractivity contribution is 5.87. The summed E-state index contributed by atoms with van der Waals surface area (Å²) in [4.78, 5) is 15.3. The minimum Gasteiger partial charge on any atom is -0.337 e. The van der Waals surface area contributed by atoms with Gasteiger partial charge in [0.15, 0.2) is 0 Å². The van der Waals surface area contributed by atoms with E-state index in [1.807, 2.05) is 4.90 Å². The Morgan fingerprint density at radius 3 is 2.42 bits per heavy atom. The van der Waals surface area contributed by atoms with Crippen LogP contribution in [0.15, 0.2) is 12.7 Å². The Morgan fingerprint density at radius 2 is 2.00 bits per heavy atom. The van der Waals surface area contributed by atoms with Crippen molar-refractivity contribution < 1.29 is 4.79 Å². The van der Waals surface area contributed by atoms with E-state index in [2.05, 4.69) is 18.4 Å². The van der Waals surface area contributed by atoms with Crippen LogP contribution in [-0.2, 0) is 4.79 Å². The predicted octanol–water partition coefficient (Wildman–Crippen LogP) is 0.337. The van der Waals surface area contributed by atoms with Crippen molar-refractivity contribution in [3.05, 3.63) is 12.7 Å². The monoisotopic (exact) mass is 168 g/mol. The number of carbonyl (C=O) groups excluding carboxylic acids is 1. The molecule has 1 aliphatic heterocycles. The van der Waals surface area contributed by atoms with Crippen molar-refractivity contribution in [2.45, 2.75) is 6.92 Å². The van der Waals surface area contributed by atoms with Gasteiger partial charge in [-0.05, 0) is 12.6 Å². The molecule has 0 aromatic heterocycles. The predicted molar refractivity (Wildman–Crippen MR) is 48.9 cm³/mol. The molecule has 0 N–H and O–H groups in total. The maximum atomic E-state index is 11.2. The van der Waals surface area contributed by atoms with Crippen LogP contribution in [0.1, 0.15) is 6.92 Å². The van der Waals surface area contributed by atoms with Crippen LogP contribution < -0.4 is 0 Å². The summed E-state index contributed by atoms with van der Waals surface area (Å²) in [6.07, 6.45) is 1.39. The highest BCUT2D eigenvalue weighted by Crippen LogP contribution is 2.01. The van der Waals surface area contributed by atoms with E-state index < -0.39 is 0 Å². The van der Waals surface area contributed by atoms with Crippen LogP contribution >= 0.6 is 0 Å². The number of amides is 1. The fourth-order valence-corrected chi connectivity index (χ4v) is 1.41. The summed E-state index contributed by atoms with van der Waals surface area (Å²) < 4.78 is 0. The summed E-state index contributed by atoms with van der Waals surface area (Å²) in [5.41, 5.74) is 0. The smallest absolute Gasteiger partial charge is 0.246 e. The molecule has 1 saturated heterocycles. The first kappa shape index (κ1) is 9.26. The number of hydrogen-bond acceptors (Lipinski definition) is 2. The summed E-state index contributed by atoms with van der Waals surface area (Å²) in [5, 5.41) is 0. The number of rotatable bonds is 2. The highest BCUT2D eigenvalue weighted by atomic mass is 16.2. The minimum atomic E-state index is 0.0609. The maximum Gasteiger partial charge on any atom is 0.246 e. The molecule has 0 aromatic carbocycles. The Hall–Kier alpha value is -0.830. The van der Waals surface area contributed by atoms with Crippen molar-refractivity contribution in [1.82, 2.24) is 9.80 Å². The molecule has 1 fully saturated rings. The number of likely N-dealkylation sites (N-methyl/N-ethyl adjacent to an activating group) is 1. The van der Waals surface area contributed by atoms with E-state index in [0.717, 1.165) is 32.7 Å². The third kappa shape index (κ3) is 2.08. The number of piperazine rings is 1. The quantitative estimate of drug-likeness (QED) is 0.555.